The summed E-state index contributed by atoms with van der Waals surface area (Å²) in [6.45, 7) is 1.24. The Bertz CT molecular complexity index is 206. The van der Waals surface area contributed by atoms with E-state index in [-0.39, 0.29) is 0 Å². The Morgan fingerprint density at radius 1 is 0.857 bits per heavy atom. The molecule has 2 unspecified atom stereocenters. The van der Waals surface area contributed by atoms with Crippen LogP contribution in [0.3, 0.4) is 0 Å². The van der Waals surface area contributed by atoms with E-state index in [9.17, 15) is 18.9 Å². The van der Waals surface area contributed by atoms with E-state index in [0.717, 1.165) is 0 Å². The summed E-state index contributed by atoms with van der Waals surface area (Å²) in [5.74, 6) is 0. The Kier molecular flexibility index (Phi) is 5.02. The molecule has 14 heavy (non-hydrogen) atoms. The fraction of sp³-hybridized carbons (Fsp3) is 1.00. The topological polar surface area (TPSA) is 104 Å². The summed E-state index contributed by atoms with van der Waals surface area (Å²) in [5.41, 5.74) is -0.897. The first-order valence-corrected chi connectivity index (χ1v) is 6.79. The zero-order valence-electron chi connectivity index (χ0n) is 7.51. The van der Waals surface area contributed by atoms with E-state index >= 15 is 0 Å². The molecule has 6 nitrogen and oxygen atoms in total. The lowest BCUT2D eigenvalue weighted by molar-refractivity contribution is -0.166. The van der Waals surface area contributed by atoms with Gasteiger partial charge in [-0.15, -0.1) is 0 Å². The quantitative estimate of drug-likeness (QED) is 0.546. The molecule has 1 aliphatic heterocycles. The van der Waals surface area contributed by atoms with Crippen LogP contribution in [-0.4, -0.2) is 37.5 Å². The fourth-order valence-electron chi connectivity index (χ4n) is 1.28. The second-order valence-electron chi connectivity index (χ2n) is 3.19. The molecule has 0 radical (unpaired) electrons. The van der Waals surface area contributed by atoms with Crippen molar-refractivity contribution in [3.63, 3.8) is 0 Å². The largest absolute Gasteiger partial charge is 0.595 e. The van der Waals surface area contributed by atoms with E-state index in [4.69, 9.17) is 0 Å². The van der Waals surface area contributed by atoms with E-state index in [1.807, 2.05) is 0 Å². The highest BCUT2D eigenvalue weighted by Gasteiger charge is 2.28. The molecule has 0 spiro atoms. The van der Waals surface area contributed by atoms with Gasteiger partial charge in [-0.1, -0.05) is 9.13 Å². The Labute approximate surface area is 83.8 Å². The van der Waals surface area contributed by atoms with Gasteiger partial charge in [-0.2, -0.15) is 0 Å². The second-order valence-corrected chi connectivity index (χ2v) is 5.80. The Hall–Kier alpha value is 0.0400. The maximum atomic E-state index is 10.7. The third-order valence-electron chi connectivity index (χ3n) is 2.12. The van der Waals surface area contributed by atoms with E-state index in [2.05, 4.69) is 10.6 Å². The van der Waals surface area contributed by atoms with Crippen molar-refractivity contribution in [1.29, 1.82) is 0 Å². The number of nitrogens with one attached hydrogen (secondary N) is 2. The van der Waals surface area contributed by atoms with Crippen LogP contribution in [0.2, 0.25) is 0 Å². The van der Waals surface area contributed by atoms with Gasteiger partial charge < -0.3 is 20.4 Å². The number of hydrogen-bond donors (Lipinski definition) is 2. The van der Waals surface area contributed by atoms with Crippen LogP contribution in [0.5, 0.6) is 0 Å². The molecule has 80 valence electrons. The molecule has 1 heterocycles. The van der Waals surface area contributed by atoms with Crippen LogP contribution >= 0.6 is 16.1 Å². The summed E-state index contributed by atoms with van der Waals surface area (Å²) in [7, 11) is -4.91. The molecule has 0 aliphatic carbocycles. The highest BCUT2D eigenvalue weighted by molar-refractivity contribution is 7.37. The predicted molar refractivity (Wildman–Crippen MR) is 48.5 cm³/mol. The Morgan fingerprint density at radius 2 is 1.14 bits per heavy atom. The van der Waals surface area contributed by atoms with Gasteiger partial charge in [0.25, 0.3) is 0 Å². The molecule has 2 N–H and O–H groups in total. The molecule has 8 heteroatoms. The predicted octanol–water partition coefficient (Wildman–Crippen LogP) is -1.88. The van der Waals surface area contributed by atoms with Crippen molar-refractivity contribution in [2.75, 3.05) is 26.2 Å². The van der Waals surface area contributed by atoms with E-state index < -0.39 is 27.4 Å². The lowest BCUT2D eigenvalue weighted by Crippen LogP contribution is -2.45. The molecule has 0 aromatic heterocycles. The van der Waals surface area contributed by atoms with Crippen molar-refractivity contribution < 1.29 is 18.9 Å². The van der Waals surface area contributed by atoms with Crippen LogP contribution in [0, 0.1) is 0 Å². The van der Waals surface area contributed by atoms with Crippen molar-refractivity contribution in [1.82, 2.24) is 10.6 Å². The summed E-state index contributed by atoms with van der Waals surface area (Å²) in [4.78, 5) is 21.3. The zero-order valence-corrected chi connectivity index (χ0v) is 9.30. The SMILES string of the molecule is O=[P+]([O-])C1CNCC([P+](=O)[O-])CNC1. The molecule has 0 aromatic carbocycles. The van der Waals surface area contributed by atoms with Crippen LogP contribution in [0.1, 0.15) is 0 Å². The first kappa shape index (κ1) is 12.1. The van der Waals surface area contributed by atoms with Crippen molar-refractivity contribution in [2.24, 2.45) is 0 Å². The maximum Gasteiger partial charge on any atom is 0.314 e. The average Bonchev–Trinajstić information content (AvgIpc) is 2.01. The third-order valence-corrected chi connectivity index (χ3v) is 4.04. The molecule has 2 atom stereocenters. The second kappa shape index (κ2) is 5.81. The van der Waals surface area contributed by atoms with Crippen LogP contribution in [0.4, 0.5) is 0 Å². The van der Waals surface area contributed by atoms with Crippen molar-refractivity contribution >= 4 is 16.1 Å². The van der Waals surface area contributed by atoms with Gasteiger partial charge in [-0.05, 0) is 0 Å². The smallest absolute Gasteiger partial charge is 0.314 e. The molecule has 0 bridgehead atoms. The summed E-state index contributed by atoms with van der Waals surface area (Å²) in [6, 6.07) is 0. The van der Waals surface area contributed by atoms with Gasteiger partial charge in [0.1, 0.15) is 0 Å². The van der Waals surface area contributed by atoms with E-state index in [1.165, 1.54) is 0 Å². The summed E-state index contributed by atoms with van der Waals surface area (Å²) in [6.07, 6.45) is 0. The monoisotopic (exact) mass is 238 g/mol. The summed E-state index contributed by atoms with van der Waals surface area (Å²) >= 11 is 0. The third kappa shape index (κ3) is 3.65. The van der Waals surface area contributed by atoms with Crippen LogP contribution in [-0.2, 0) is 9.13 Å². The van der Waals surface area contributed by atoms with Gasteiger partial charge in [0.05, 0.1) is 0 Å². The van der Waals surface area contributed by atoms with Gasteiger partial charge in [-0.25, -0.2) is 0 Å². The Balaban J connectivity index is 2.43. The van der Waals surface area contributed by atoms with Gasteiger partial charge in [0, 0.05) is 26.2 Å². The van der Waals surface area contributed by atoms with Crippen molar-refractivity contribution in [3.05, 3.63) is 0 Å². The summed E-state index contributed by atoms with van der Waals surface area (Å²) < 4.78 is 21.3. The average molecular weight is 238 g/mol. The molecule has 0 saturated carbocycles. The highest BCUT2D eigenvalue weighted by atomic mass is 31.1. The molecule has 0 amide bonds. The molecular weight excluding hydrogens is 226 g/mol. The molecule has 0 aromatic rings. The lowest BCUT2D eigenvalue weighted by Gasteiger charge is -2.18. The minimum absolute atomic E-state index is 0.311. The van der Waals surface area contributed by atoms with E-state index in [1.54, 1.807) is 0 Å². The van der Waals surface area contributed by atoms with Gasteiger partial charge in [0.15, 0.2) is 11.3 Å². The lowest BCUT2D eigenvalue weighted by atomic mass is 10.3. The molecule has 1 rings (SSSR count). The van der Waals surface area contributed by atoms with E-state index in [0.29, 0.717) is 26.2 Å². The van der Waals surface area contributed by atoms with Crippen molar-refractivity contribution in [2.45, 2.75) is 11.3 Å². The first-order chi connectivity index (χ1) is 6.61. The van der Waals surface area contributed by atoms with Crippen LogP contribution in [0.15, 0.2) is 0 Å². The van der Waals surface area contributed by atoms with Crippen LogP contribution < -0.4 is 20.4 Å². The molecular formula is C6H12N2O4P2. The van der Waals surface area contributed by atoms with Gasteiger partial charge in [0.2, 0.25) is 0 Å². The molecule has 1 fully saturated rings. The normalized spacial score (nSPS) is 31.6. The zero-order chi connectivity index (χ0) is 10.6. The minimum atomic E-state index is -2.45. The maximum absolute atomic E-state index is 10.7. The summed E-state index contributed by atoms with van der Waals surface area (Å²) in [5, 5.41) is 5.68. The highest BCUT2D eigenvalue weighted by Crippen LogP contribution is 2.20. The molecule has 1 saturated heterocycles. The minimum Gasteiger partial charge on any atom is -0.595 e. The number of hydrogen-bond acceptors (Lipinski definition) is 6. The van der Waals surface area contributed by atoms with Gasteiger partial charge in [-0.3, -0.25) is 0 Å². The fourth-order valence-corrected chi connectivity index (χ4v) is 2.39. The van der Waals surface area contributed by atoms with Gasteiger partial charge >= 0.3 is 16.1 Å². The van der Waals surface area contributed by atoms with Crippen LogP contribution in [0.25, 0.3) is 0 Å². The Morgan fingerprint density at radius 3 is 1.36 bits per heavy atom. The number of rotatable bonds is 2. The molecule has 1 aliphatic rings. The first-order valence-electron chi connectivity index (χ1n) is 4.29. The van der Waals surface area contributed by atoms with Crippen molar-refractivity contribution in [3.8, 4) is 0 Å². The standard InChI is InChI=1S/C6H12N2O4P2/c9-13(10)5-1-7-3-6(14(11)12)4-8-2-5/h5-8H,1-4H2.